The molecule has 0 amide bonds. The molecule has 0 aliphatic heterocycles. The minimum Gasteiger partial charge on any atom is -0.493 e. The molecule has 3 aromatic rings. The molecule has 8 nitrogen and oxygen atoms in total. The first-order chi connectivity index (χ1) is 15.4. The van der Waals surface area contributed by atoms with Crippen LogP contribution in [0.3, 0.4) is 0 Å². The van der Waals surface area contributed by atoms with Gasteiger partial charge in [-0.15, -0.1) is 0 Å². The molecule has 1 heterocycles. The van der Waals surface area contributed by atoms with Gasteiger partial charge >= 0.3 is 0 Å². The molecule has 2 aromatic carbocycles. The van der Waals surface area contributed by atoms with Crippen molar-refractivity contribution >= 4 is 0 Å². The van der Waals surface area contributed by atoms with Crippen LogP contribution in [-0.2, 0) is 19.6 Å². The zero-order valence-corrected chi connectivity index (χ0v) is 19.2. The van der Waals surface area contributed by atoms with Crippen molar-refractivity contribution in [2.75, 3.05) is 34.4 Å². The smallest absolute Gasteiger partial charge is 0.161 e. The lowest BCUT2D eigenvalue weighted by molar-refractivity contribution is 0.0732. The zero-order chi connectivity index (χ0) is 22.9. The third kappa shape index (κ3) is 7.05. The number of aliphatic hydroxyl groups is 1. The second-order valence-corrected chi connectivity index (χ2v) is 8.10. The lowest BCUT2D eigenvalue weighted by Crippen LogP contribution is -2.32. The van der Waals surface area contributed by atoms with E-state index in [2.05, 4.69) is 32.2 Å². The third-order valence-electron chi connectivity index (χ3n) is 5.10. The number of aliphatic hydroxyl groups excluding tert-OH is 1. The van der Waals surface area contributed by atoms with Crippen molar-refractivity contribution in [2.45, 2.75) is 32.7 Å². The number of aryl methyl sites for hydroxylation is 1. The molecule has 0 radical (unpaired) electrons. The Morgan fingerprint density at radius 2 is 1.69 bits per heavy atom. The maximum atomic E-state index is 10.5. The van der Waals surface area contributed by atoms with Crippen LogP contribution >= 0.6 is 0 Å². The zero-order valence-electron chi connectivity index (χ0n) is 19.2. The molecular weight excluding hydrogens is 408 g/mol. The molecule has 172 valence electrons. The van der Waals surface area contributed by atoms with Crippen LogP contribution in [0.15, 0.2) is 53.2 Å². The van der Waals surface area contributed by atoms with Gasteiger partial charge < -0.3 is 14.6 Å². The maximum absolute atomic E-state index is 10.5. The van der Waals surface area contributed by atoms with E-state index in [0.29, 0.717) is 31.1 Å². The number of aromatic nitrogens is 2. The van der Waals surface area contributed by atoms with E-state index < -0.39 is 6.10 Å². The van der Waals surface area contributed by atoms with E-state index >= 15 is 0 Å². The van der Waals surface area contributed by atoms with Gasteiger partial charge in [-0.2, -0.15) is 0 Å². The molecule has 0 fully saturated rings. The summed E-state index contributed by atoms with van der Waals surface area (Å²) < 4.78 is 16.1. The first-order valence-electron chi connectivity index (χ1n) is 10.6. The largest absolute Gasteiger partial charge is 0.493 e. The van der Waals surface area contributed by atoms with Crippen molar-refractivity contribution in [3.63, 3.8) is 0 Å². The SMILES string of the molecule is COc1ccc(CN(C)Cc2nonc2C)cc1OCC(O)CN(C)Cc1ccccc1. The molecule has 3 rings (SSSR count). The number of hydrogen-bond donors (Lipinski definition) is 1. The summed E-state index contributed by atoms with van der Waals surface area (Å²) in [5.74, 6) is 1.25. The molecule has 0 saturated heterocycles. The van der Waals surface area contributed by atoms with E-state index in [-0.39, 0.29) is 6.61 Å². The van der Waals surface area contributed by atoms with Gasteiger partial charge in [0.05, 0.1) is 7.11 Å². The number of methoxy groups -OCH3 is 1. The average molecular weight is 441 g/mol. The third-order valence-corrected chi connectivity index (χ3v) is 5.10. The van der Waals surface area contributed by atoms with Gasteiger partial charge in [-0.05, 0) is 44.3 Å². The summed E-state index contributed by atoms with van der Waals surface area (Å²) >= 11 is 0. The highest BCUT2D eigenvalue weighted by molar-refractivity contribution is 5.43. The second-order valence-electron chi connectivity index (χ2n) is 8.10. The van der Waals surface area contributed by atoms with E-state index in [4.69, 9.17) is 14.1 Å². The first kappa shape index (κ1) is 23.7. The van der Waals surface area contributed by atoms with E-state index in [0.717, 1.165) is 23.5 Å². The van der Waals surface area contributed by atoms with Crippen LogP contribution in [0, 0.1) is 6.92 Å². The van der Waals surface area contributed by atoms with Crippen LogP contribution in [0.25, 0.3) is 0 Å². The first-order valence-corrected chi connectivity index (χ1v) is 10.6. The minimum absolute atomic E-state index is 0.179. The van der Waals surface area contributed by atoms with Crippen LogP contribution in [0.1, 0.15) is 22.5 Å². The van der Waals surface area contributed by atoms with E-state index in [1.54, 1.807) is 7.11 Å². The van der Waals surface area contributed by atoms with Crippen molar-refractivity contribution < 1.29 is 19.2 Å². The summed E-state index contributed by atoms with van der Waals surface area (Å²) in [6.07, 6.45) is -0.623. The highest BCUT2D eigenvalue weighted by Crippen LogP contribution is 2.29. The predicted molar refractivity (Wildman–Crippen MR) is 121 cm³/mol. The predicted octanol–water partition coefficient (Wildman–Crippen LogP) is 2.89. The van der Waals surface area contributed by atoms with Gasteiger partial charge in [0.15, 0.2) is 11.5 Å². The highest BCUT2D eigenvalue weighted by atomic mass is 16.6. The molecule has 1 unspecified atom stereocenters. The van der Waals surface area contributed by atoms with Crippen molar-refractivity contribution in [3.05, 3.63) is 71.0 Å². The Hall–Kier alpha value is -2.94. The van der Waals surface area contributed by atoms with Crippen molar-refractivity contribution in [1.82, 2.24) is 20.1 Å². The molecule has 8 heteroatoms. The fourth-order valence-electron chi connectivity index (χ4n) is 3.51. The fraction of sp³-hybridized carbons (Fsp3) is 0.417. The summed E-state index contributed by atoms with van der Waals surface area (Å²) in [5, 5.41) is 18.2. The lowest BCUT2D eigenvalue weighted by Gasteiger charge is -2.22. The summed E-state index contributed by atoms with van der Waals surface area (Å²) in [6, 6.07) is 16.0. The average Bonchev–Trinajstić information content (AvgIpc) is 3.17. The molecule has 1 atom stereocenters. The molecule has 1 aromatic heterocycles. The highest BCUT2D eigenvalue weighted by Gasteiger charge is 2.14. The maximum Gasteiger partial charge on any atom is 0.161 e. The Balaban J connectivity index is 1.53. The number of nitrogens with zero attached hydrogens (tertiary/aromatic N) is 4. The quantitative estimate of drug-likeness (QED) is 0.460. The van der Waals surface area contributed by atoms with Crippen molar-refractivity contribution in [3.8, 4) is 11.5 Å². The molecular formula is C24H32N4O4. The molecule has 0 saturated carbocycles. The molecule has 1 N–H and O–H groups in total. The monoisotopic (exact) mass is 440 g/mol. The molecule has 0 aliphatic rings. The van der Waals surface area contributed by atoms with Crippen LogP contribution in [0.4, 0.5) is 0 Å². The van der Waals surface area contributed by atoms with Gasteiger partial charge in [-0.1, -0.05) is 46.7 Å². The van der Waals surface area contributed by atoms with Crippen molar-refractivity contribution in [1.29, 1.82) is 0 Å². The number of ether oxygens (including phenoxy) is 2. The summed E-state index contributed by atoms with van der Waals surface area (Å²) in [5.41, 5.74) is 3.88. The number of likely N-dealkylation sites (N-methyl/N-ethyl adjacent to an activating group) is 1. The van der Waals surface area contributed by atoms with Crippen LogP contribution in [-0.4, -0.2) is 65.7 Å². The Kier molecular flexibility index (Phi) is 8.61. The van der Waals surface area contributed by atoms with E-state index in [9.17, 15) is 5.11 Å². The van der Waals surface area contributed by atoms with Crippen LogP contribution in [0.5, 0.6) is 11.5 Å². The molecule has 0 aliphatic carbocycles. The van der Waals surface area contributed by atoms with E-state index in [1.165, 1.54) is 5.56 Å². The minimum atomic E-state index is -0.623. The van der Waals surface area contributed by atoms with Gasteiger partial charge in [-0.25, -0.2) is 4.63 Å². The number of rotatable bonds is 12. The van der Waals surface area contributed by atoms with Crippen LogP contribution < -0.4 is 9.47 Å². The summed E-state index contributed by atoms with van der Waals surface area (Å²) in [6.45, 7) is 4.65. The topological polar surface area (TPSA) is 84.1 Å². The van der Waals surface area contributed by atoms with Gasteiger partial charge in [0.1, 0.15) is 24.1 Å². The fourth-order valence-corrected chi connectivity index (χ4v) is 3.51. The van der Waals surface area contributed by atoms with Gasteiger partial charge in [0.2, 0.25) is 0 Å². The van der Waals surface area contributed by atoms with Gasteiger partial charge in [0, 0.05) is 26.2 Å². The Labute approximate surface area is 189 Å². The van der Waals surface area contributed by atoms with Crippen molar-refractivity contribution in [2.24, 2.45) is 0 Å². The normalized spacial score (nSPS) is 12.3. The standard InChI is InChI=1S/C24H32N4O4/c1-18-22(26-32-25-18)16-28(3)14-20-10-11-23(30-4)24(12-20)31-17-21(29)15-27(2)13-19-8-6-5-7-9-19/h5-12,21,29H,13-17H2,1-4H3. The molecule has 0 bridgehead atoms. The van der Waals surface area contributed by atoms with Crippen LogP contribution in [0.2, 0.25) is 0 Å². The van der Waals surface area contributed by atoms with Gasteiger partial charge in [0.25, 0.3) is 0 Å². The second kappa shape index (κ2) is 11.6. The summed E-state index contributed by atoms with van der Waals surface area (Å²) in [4.78, 5) is 4.19. The lowest BCUT2D eigenvalue weighted by atomic mass is 10.2. The Morgan fingerprint density at radius 1 is 0.938 bits per heavy atom. The summed E-state index contributed by atoms with van der Waals surface area (Å²) in [7, 11) is 5.60. The Morgan fingerprint density at radius 3 is 2.38 bits per heavy atom. The van der Waals surface area contributed by atoms with E-state index in [1.807, 2.05) is 57.4 Å². The molecule has 32 heavy (non-hydrogen) atoms. The number of benzene rings is 2. The number of hydrogen-bond acceptors (Lipinski definition) is 8. The van der Waals surface area contributed by atoms with Gasteiger partial charge in [-0.3, -0.25) is 9.80 Å². The Bertz CT molecular complexity index is 964. The molecule has 0 spiro atoms.